The van der Waals surface area contributed by atoms with Gasteiger partial charge in [0.05, 0.1) is 12.9 Å². The summed E-state index contributed by atoms with van der Waals surface area (Å²) in [4.78, 5) is 12.0. The second kappa shape index (κ2) is 8.68. The van der Waals surface area contributed by atoms with Crippen LogP contribution in [0.15, 0.2) is 53.7 Å². The van der Waals surface area contributed by atoms with Gasteiger partial charge in [0, 0.05) is 19.2 Å². The van der Waals surface area contributed by atoms with Crippen LogP contribution in [0.2, 0.25) is 0 Å². The number of hydrogen-bond acceptors (Lipinski definition) is 5. The van der Waals surface area contributed by atoms with Gasteiger partial charge in [0.1, 0.15) is 17.4 Å². The number of anilines is 1. The molecule has 0 atom stereocenters. The van der Waals surface area contributed by atoms with Crippen LogP contribution in [-0.2, 0) is 18.3 Å². The summed E-state index contributed by atoms with van der Waals surface area (Å²) >= 11 is 1.30. The first-order chi connectivity index (χ1) is 13.0. The van der Waals surface area contributed by atoms with Gasteiger partial charge in [0.25, 0.3) is 0 Å². The molecule has 1 N–H and O–H groups in total. The molecule has 0 bridgehead atoms. The molecular formula is C19H19FN4O2S. The molecule has 1 heterocycles. The average molecular weight is 386 g/mol. The van der Waals surface area contributed by atoms with E-state index in [1.807, 2.05) is 35.9 Å². The van der Waals surface area contributed by atoms with Crippen LogP contribution in [0.4, 0.5) is 10.1 Å². The van der Waals surface area contributed by atoms with Crippen molar-refractivity contribution in [2.75, 3.05) is 18.2 Å². The maximum Gasteiger partial charge on any atom is 0.234 e. The van der Waals surface area contributed by atoms with E-state index < -0.39 is 0 Å². The van der Waals surface area contributed by atoms with Crippen LogP contribution in [0, 0.1) is 5.82 Å². The molecule has 3 rings (SSSR count). The van der Waals surface area contributed by atoms with Crippen molar-refractivity contribution < 1.29 is 13.9 Å². The zero-order chi connectivity index (χ0) is 19.2. The van der Waals surface area contributed by atoms with E-state index in [1.54, 1.807) is 7.11 Å². The molecule has 0 aliphatic heterocycles. The highest BCUT2D eigenvalue weighted by Crippen LogP contribution is 2.19. The molecule has 6 nitrogen and oxygen atoms in total. The van der Waals surface area contributed by atoms with Crippen molar-refractivity contribution in [3.05, 3.63) is 65.7 Å². The second-order valence-electron chi connectivity index (χ2n) is 5.83. The Morgan fingerprint density at radius 1 is 1.15 bits per heavy atom. The van der Waals surface area contributed by atoms with Crippen LogP contribution in [0.1, 0.15) is 11.4 Å². The molecule has 0 saturated carbocycles. The number of amides is 1. The van der Waals surface area contributed by atoms with Crippen LogP contribution in [0.3, 0.4) is 0 Å². The van der Waals surface area contributed by atoms with Crippen LogP contribution in [-0.4, -0.2) is 33.5 Å². The van der Waals surface area contributed by atoms with Gasteiger partial charge in [-0.15, -0.1) is 10.2 Å². The Kier molecular flexibility index (Phi) is 6.08. The predicted octanol–water partition coefficient (Wildman–Crippen LogP) is 3.28. The van der Waals surface area contributed by atoms with Gasteiger partial charge in [-0.3, -0.25) is 4.79 Å². The van der Waals surface area contributed by atoms with Crippen molar-refractivity contribution in [2.45, 2.75) is 11.6 Å². The van der Waals surface area contributed by atoms with Crippen molar-refractivity contribution in [2.24, 2.45) is 7.05 Å². The third-order valence-electron chi connectivity index (χ3n) is 3.91. The van der Waals surface area contributed by atoms with Crippen molar-refractivity contribution >= 4 is 23.4 Å². The molecule has 140 valence electrons. The highest BCUT2D eigenvalue weighted by atomic mass is 32.2. The molecule has 0 saturated heterocycles. The monoisotopic (exact) mass is 386 g/mol. The number of nitrogens with zero attached hydrogens (tertiary/aromatic N) is 3. The molecule has 0 fully saturated rings. The number of benzene rings is 2. The summed E-state index contributed by atoms with van der Waals surface area (Å²) in [6, 6.07) is 13.4. The van der Waals surface area contributed by atoms with E-state index >= 15 is 0 Å². The van der Waals surface area contributed by atoms with Crippen molar-refractivity contribution in [3.8, 4) is 5.75 Å². The number of rotatable bonds is 7. The Hall–Kier alpha value is -2.87. The van der Waals surface area contributed by atoms with Crippen LogP contribution >= 0.6 is 11.8 Å². The highest BCUT2D eigenvalue weighted by Gasteiger charge is 2.12. The first kappa shape index (κ1) is 18.9. The molecule has 0 radical (unpaired) electrons. The third kappa shape index (κ3) is 5.07. The van der Waals surface area contributed by atoms with E-state index in [4.69, 9.17) is 4.74 Å². The lowest BCUT2D eigenvalue weighted by atomic mass is 10.1. The molecule has 3 aromatic rings. The number of carbonyl (C=O) groups excluding carboxylic acids is 1. The molecule has 0 aliphatic rings. The number of hydrogen-bond donors (Lipinski definition) is 1. The minimum absolute atomic E-state index is 0.186. The molecule has 1 amide bonds. The number of nitrogens with one attached hydrogen (secondary N) is 1. The fourth-order valence-electron chi connectivity index (χ4n) is 2.41. The minimum atomic E-state index is -0.342. The fourth-order valence-corrected chi connectivity index (χ4v) is 3.14. The summed E-state index contributed by atoms with van der Waals surface area (Å²) in [5.41, 5.74) is 1.65. The summed E-state index contributed by atoms with van der Waals surface area (Å²) in [6.45, 7) is 0. The van der Waals surface area contributed by atoms with Gasteiger partial charge in [0.2, 0.25) is 5.91 Å². The molecule has 27 heavy (non-hydrogen) atoms. The Bertz CT molecular complexity index is 910. The molecule has 0 unspecified atom stereocenters. The first-order valence-electron chi connectivity index (χ1n) is 8.24. The Morgan fingerprint density at radius 3 is 2.52 bits per heavy atom. The van der Waals surface area contributed by atoms with Crippen LogP contribution < -0.4 is 10.1 Å². The van der Waals surface area contributed by atoms with Crippen molar-refractivity contribution in [3.63, 3.8) is 0 Å². The van der Waals surface area contributed by atoms with Gasteiger partial charge in [-0.1, -0.05) is 23.9 Å². The van der Waals surface area contributed by atoms with Crippen LogP contribution in [0.5, 0.6) is 5.75 Å². The lowest BCUT2D eigenvalue weighted by molar-refractivity contribution is -0.113. The van der Waals surface area contributed by atoms with Gasteiger partial charge < -0.3 is 14.6 Å². The lowest BCUT2D eigenvalue weighted by Gasteiger charge is -2.06. The number of halogens is 1. The lowest BCUT2D eigenvalue weighted by Crippen LogP contribution is -2.14. The molecule has 8 heteroatoms. The summed E-state index contributed by atoms with van der Waals surface area (Å²) in [5.74, 6) is 1.27. The van der Waals surface area contributed by atoms with E-state index in [-0.39, 0.29) is 17.5 Å². The number of carbonyl (C=O) groups is 1. The standard InChI is InChI=1S/C19H19FN4O2S/c1-24-17(11-13-3-9-16(26-2)10-4-13)22-23-19(24)27-12-18(25)21-15-7-5-14(20)6-8-15/h3-10H,11-12H2,1-2H3,(H,21,25). The summed E-state index contributed by atoms with van der Waals surface area (Å²) in [6.07, 6.45) is 0.635. The molecule has 0 aliphatic carbocycles. The smallest absolute Gasteiger partial charge is 0.234 e. The maximum atomic E-state index is 12.9. The topological polar surface area (TPSA) is 69.0 Å². The van der Waals surface area contributed by atoms with Gasteiger partial charge in [0.15, 0.2) is 5.16 Å². The number of methoxy groups -OCH3 is 1. The van der Waals surface area contributed by atoms with Gasteiger partial charge in [-0.25, -0.2) is 4.39 Å². The normalized spacial score (nSPS) is 10.6. The molecular weight excluding hydrogens is 367 g/mol. The number of thioether (sulfide) groups is 1. The molecule has 2 aromatic carbocycles. The van der Waals surface area contributed by atoms with Crippen LogP contribution in [0.25, 0.3) is 0 Å². The predicted molar refractivity (Wildman–Crippen MR) is 103 cm³/mol. The van der Waals surface area contributed by atoms with E-state index in [9.17, 15) is 9.18 Å². The van der Waals surface area contributed by atoms with Gasteiger partial charge >= 0.3 is 0 Å². The largest absolute Gasteiger partial charge is 0.497 e. The molecule has 1 aromatic heterocycles. The third-order valence-corrected chi connectivity index (χ3v) is 4.93. The quantitative estimate of drug-likeness (QED) is 0.631. The fraction of sp³-hybridized carbons (Fsp3) is 0.211. The zero-order valence-corrected chi connectivity index (χ0v) is 15.8. The van der Waals surface area contributed by atoms with Gasteiger partial charge in [-0.05, 0) is 42.0 Å². The van der Waals surface area contributed by atoms with E-state index in [0.29, 0.717) is 17.3 Å². The van der Waals surface area contributed by atoms with E-state index in [1.165, 1.54) is 36.0 Å². The average Bonchev–Trinajstić information content (AvgIpc) is 3.02. The Balaban J connectivity index is 1.56. The van der Waals surface area contributed by atoms with Gasteiger partial charge in [-0.2, -0.15) is 0 Å². The Morgan fingerprint density at radius 2 is 1.85 bits per heavy atom. The number of ether oxygens (including phenoxy) is 1. The summed E-state index contributed by atoms with van der Waals surface area (Å²) in [5, 5.41) is 11.8. The maximum absolute atomic E-state index is 12.9. The number of aromatic nitrogens is 3. The van der Waals surface area contributed by atoms with E-state index in [0.717, 1.165) is 17.1 Å². The Labute approximate surface area is 160 Å². The zero-order valence-electron chi connectivity index (χ0n) is 15.0. The van der Waals surface area contributed by atoms with E-state index in [2.05, 4.69) is 15.5 Å². The minimum Gasteiger partial charge on any atom is -0.497 e. The second-order valence-corrected chi connectivity index (χ2v) is 6.77. The summed E-state index contributed by atoms with van der Waals surface area (Å²) < 4.78 is 19.9. The highest BCUT2D eigenvalue weighted by molar-refractivity contribution is 7.99. The first-order valence-corrected chi connectivity index (χ1v) is 9.23. The molecule has 0 spiro atoms. The summed E-state index contributed by atoms with van der Waals surface area (Å²) in [7, 11) is 3.51. The van der Waals surface area contributed by atoms with Crippen molar-refractivity contribution in [1.82, 2.24) is 14.8 Å². The SMILES string of the molecule is COc1ccc(Cc2nnc(SCC(=O)Nc3ccc(F)cc3)n2C)cc1. The van der Waals surface area contributed by atoms with Crippen molar-refractivity contribution in [1.29, 1.82) is 0 Å².